The maximum absolute atomic E-state index is 14.2. The summed E-state index contributed by atoms with van der Waals surface area (Å²) in [6.07, 6.45) is 4.32. The summed E-state index contributed by atoms with van der Waals surface area (Å²) in [7, 11) is -1.23. The van der Waals surface area contributed by atoms with Crippen LogP contribution in [0.1, 0.15) is 62.1 Å². The van der Waals surface area contributed by atoms with Crippen LogP contribution in [-0.2, 0) is 37.7 Å². The minimum atomic E-state index is -2.97. The van der Waals surface area contributed by atoms with Crippen LogP contribution < -0.4 is 9.80 Å². The maximum atomic E-state index is 14.2. The van der Waals surface area contributed by atoms with Crippen LogP contribution >= 0.6 is 0 Å². The highest BCUT2D eigenvalue weighted by Crippen LogP contribution is 2.60. The van der Waals surface area contributed by atoms with Crippen molar-refractivity contribution in [3.8, 4) is 0 Å². The van der Waals surface area contributed by atoms with Crippen molar-refractivity contribution >= 4 is 37.4 Å². The fraction of sp³-hybridized carbons (Fsp3) is 0.559. The van der Waals surface area contributed by atoms with Gasteiger partial charge in [0.1, 0.15) is 0 Å². The number of aliphatic hydroxyl groups is 1. The van der Waals surface area contributed by atoms with Gasteiger partial charge in [0.2, 0.25) is 11.8 Å². The van der Waals surface area contributed by atoms with Crippen molar-refractivity contribution in [2.24, 2.45) is 5.92 Å². The summed E-state index contributed by atoms with van der Waals surface area (Å²) in [4.78, 5) is 58.1. The van der Waals surface area contributed by atoms with Crippen LogP contribution in [0.3, 0.4) is 0 Å². The van der Waals surface area contributed by atoms with Crippen molar-refractivity contribution in [2.75, 3.05) is 30.0 Å². The lowest BCUT2D eigenvalue weighted by atomic mass is 9.82. The summed E-state index contributed by atoms with van der Waals surface area (Å²) >= 11 is 0. The molecule has 44 heavy (non-hydrogen) atoms. The van der Waals surface area contributed by atoms with Crippen molar-refractivity contribution in [1.29, 1.82) is 0 Å². The van der Waals surface area contributed by atoms with E-state index in [0.717, 1.165) is 48.2 Å². The van der Waals surface area contributed by atoms with Gasteiger partial charge in [-0.1, -0.05) is 44.0 Å². The molecule has 236 valence electrons. The summed E-state index contributed by atoms with van der Waals surface area (Å²) in [5, 5.41) is 10.2. The molecule has 10 heteroatoms. The van der Waals surface area contributed by atoms with E-state index in [9.17, 15) is 24.3 Å². The van der Waals surface area contributed by atoms with Gasteiger partial charge < -0.3 is 29.3 Å². The average Bonchev–Trinajstić information content (AvgIpc) is 3.40. The molecule has 0 bridgehead atoms. The number of hydrogen-bond acceptors (Lipinski definition) is 6. The molecular weight excluding hydrogens is 574 g/mol. The SMILES string of the molecule is C[C@@H]1[C@@H]([Si](C)(C)O)[C@H](CC(=O)N2Cc3ccccc3C[C@H]2CO)O[C@@]12C(=O)N(C)c1ccc(N3CCCCCCC3=O)cc12. The van der Waals surface area contributed by atoms with Crippen molar-refractivity contribution in [2.45, 2.75) is 94.8 Å². The Labute approximate surface area is 260 Å². The molecule has 5 atom stereocenters. The Balaban J connectivity index is 1.35. The van der Waals surface area contributed by atoms with E-state index in [1.807, 2.05) is 67.4 Å². The first-order valence-corrected chi connectivity index (χ1v) is 19.1. The number of amides is 3. The van der Waals surface area contributed by atoms with E-state index in [0.29, 0.717) is 31.5 Å². The molecule has 2 aromatic carbocycles. The molecule has 1 spiro atoms. The number of aliphatic hydroxyl groups excluding tert-OH is 1. The molecule has 4 aliphatic rings. The van der Waals surface area contributed by atoms with Gasteiger partial charge in [-0.05, 0) is 61.7 Å². The van der Waals surface area contributed by atoms with Gasteiger partial charge in [0.25, 0.3) is 5.91 Å². The number of carbonyl (C=O) groups excluding carboxylic acids is 3. The van der Waals surface area contributed by atoms with Crippen molar-refractivity contribution in [3.05, 3.63) is 59.2 Å². The van der Waals surface area contributed by atoms with E-state index < -0.39 is 31.5 Å². The van der Waals surface area contributed by atoms with Gasteiger partial charge in [-0.25, -0.2) is 0 Å². The number of carbonyl (C=O) groups is 3. The summed E-state index contributed by atoms with van der Waals surface area (Å²) in [6, 6.07) is 13.4. The highest BCUT2D eigenvalue weighted by atomic mass is 28.4. The van der Waals surface area contributed by atoms with Gasteiger partial charge >= 0.3 is 0 Å². The minimum absolute atomic E-state index is 0.00302. The van der Waals surface area contributed by atoms with Crippen LogP contribution in [0.25, 0.3) is 0 Å². The van der Waals surface area contributed by atoms with Crippen LogP contribution in [0, 0.1) is 5.92 Å². The topological polar surface area (TPSA) is 111 Å². The number of rotatable bonds is 5. The Kier molecular flexibility index (Phi) is 8.23. The fourth-order valence-corrected chi connectivity index (χ4v) is 10.9. The highest BCUT2D eigenvalue weighted by molar-refractivity contribution is 6.71. The summed E-state index contributed by atoms with van der Waals surface area (Å²) in [5.41, 5.74) is 2.59. The lowest BCUT2D eigenvalue weighted by Gasteiger charge is -2.37. The second kappa shape index (κ2) is 11.7. The lowest BCUT2D eigenvalue weighted by Crippen LogP contribution is -2.48. The van der Waals surface area contributed by atoms with Crippen LogP contribution in [0.15, 0.2) is 42.5 Å². The Morgan fingerprint density at radius 2 is 1.80 bits per heavy atom. The molecule has 2 aromatic rings. The minimum Gasteiger partial charge on any atom is -0.432 e. The third-order valence-electron chi connectivity index (χ3n) is 10.5. The van der Waals surface area contributed by atoms with E-state index >= 15 is 0 Å². The predicted octanol–water partition coefficient (Wildman–Crippen LogP) is 4.09. The van der Waals surface area contributed by atoms with Crippen LogP contribution in [-0.4, -0.2) is 73.2 Å². The number of hydrogen-bond donors (Lipinski definition) is 2. The quantitative estimate of drug-likeness (QED) is 0.488. The molecule has 4 heterocycles. The first-order valence-electron chi connectivity index (χ1n) is 16.1. The van der Waals surface area contributed by atoms with E-state index in [1.165, 1.54) is 0 Å². The van der Waals surface area contributed by atoms with E-state index in [2.05, 4.69) is 0 Å². The zero-order chi connectivity index (χ0) is 31.4. The maximum Gasteiger partial charge on any atom is 0.264 e. The lowest BCUT2D eigenvalue weighted by molar-refractivity contribution is -0.150. The van der Waals surface area contributed by atoms with Crippen LogP contribution in [0.4, 0.5) is 11.4 Å². The van der Waals surface area contributed by atoms with Crippen molar-refractivity contribution in [1.82, 2.24) is 4.90 Å². The van der Waals surface area contributed by atoms with Crippen LogP contribution in [0.5, 0.6) is 0 Å². The molecule has 0 radical (unpaired) electrons. The monoisotopic (exact) mass is 619 g/mol. The largest absolute Gasteiger partial charge is 0.432 e. The van der Waals surface area contributed by atoms with E-state index in [1.54, 1.807) is 16.8 Å². The number of fused-ring (bicyclic) bond motifs is 3. The highest BCUT2D eigenvalue weighted by Gasteiger charge is 2.66. The second-order valence-electron chi connectivity index (χ2n) is 13.7. The molecule has 6 rings (SSSR count). The van der Waals surface area contributed by atoms with Gasteiger partial charge in [0.15, 0.2) is 13.9 Å². The first kappa shape index (κ1) is 31.0. The molecular formula is C34H45N3O6Si. The van der Waals surface area contributed by atoms with Gasteiger partial charge in [-0.3, -0.25) is 14.4 Å². The predicted molar refractivity (Wildman–Crippen MR) is 171 cm³/mol. The van der Waals surface area contributed by atoms with Crippen LogP contribution in [0.2, 0.25) is 18.6 Å². The Morgan fingerprint density at radius 3 is 2.52 bits per heavy atom. The molecule has 2 N–H and O–H groups in total. The average molecular weight is 620 g/mol. The Bertz CT molecular complexity index is 1460. The summed E-state index contributed by atoms with van der Waals surface area (Å²) in [5.74, 6) is -0.690. The molecule has 0 unspecified atom stereocenters. The van der Waals surface area contributed by atoms with Gasteiger partial charge in [-0.15, -0.1) is 0 Å². The molecule has 2 saturated heterocycles. The normalized spacial score (nSPS) is 29.1. The molecule has 0 saturated carbocycles. The molecule has 4 aliphatic heterocycles. The first-order chi connectivity index (χ1) is 21.0. The zero-order valence-electron chi connectivity index (χ0n) is 26.3. The fourth-order valence-electron chi connectivity index (χ4n) is 8.30. The number of ether oxygens (including phenoxy) is 1. The Hall–Kier alpha value is -3.05. The van der Waals surface area contributed by atoms with Crippen molar-refractivity contribution < 1.29 is 29.0 Å². The van der Waals surface area contributed by atoms with E-state index in [4.69, 9.17) is 4.74 Å². The molecule has 2 fully saturated rings. The second-order valence-corrected chi connectivity index (χ2v) is 17.6. The van der Waals surface area contributed by atoms with Gasteiger partial charge in [0.05, 0.1) is 30.9 Å². The van der Waals surface area contributed by atoms with E-state index in [-0.39, 0.29) is 36.8 Å². The number of likely N-dealkylation sites (N-methyl/N-ethyl adjacent to an activating group) is 1. The standard InChI is InChI=1S/C34H45N3O6Si/c1-22-32(44(3,4)42)29(19-31(40)37-20-24-12-9-8-11-23(24)17-26(37)21-38)43-34(22)27-18-25(14-15-28(27)35(2)33(34)41)36-16-10-6-5-7-13-30(36)39/h8-9,11-12,14-15,18,22,26,29,32,38,42H,5-7,10,13,16-17,19-21H2,1-4H3/t22-,26+,29+,32-,34+/m1/s1. The number of anilines is 2. The van der Waals surface area contributed by atoms with Gasteiger partial charge in [0, 0.05) is 49.3 Å². The number of nitrogens with zero attached hydrogens (tertiary/aromatic N) is 3. The smallest absolute Gasteiger partial charge is 0.264 e. The third kappa shape index (κ3) is 5.09. The summed E-state index contributed by atoms with van der Waals surface area (Å²) in [6.45, 7) is 6.54. The van der Waals surface area contributed by atoms with Crippen molar-refractivity contribution in [3.63, 3.8) is 0 Å². The third-order valence-corrected chi connectivity index (χ3v) is 13.0. The molecule has 0 aliphatic carbocycles. The molecule has 3 amide bonds. The molecule has 9 nitrogen and oxygen atoms in total. The summed E-state index contributed by atoms with van der Waals surface area (Å²) < 4.78 is 6.85. The zero-order valence-corrected chi connectivity index (χ0v) is 27.3. The number of benzene rings is 2. The molecule has 0 aromatic heterocycles. The van der Waals surface area contributed by atoms with Gasteiger partial charge in [-0.2, -0.15) is 0 Å². The Morgan fingerprint density at radius 1 is 1.07 bits per heavy atom.